The minimum absolute atomic E-state index is 0.00820. The molecule has 30 heavy (non-hydrogen) atoms. The molecule has 0 radical (unpaired) electrons. The average molecular weight is 426 g/mol. The lowest BCUT2D eigenvalue weighted by molar-refractivity contribution is 0.172. The topological polar surface area (TPSA) is 83.7 Å². The molecule has 3 aromatic rings. The van der Waals surface area contributed by atoms with Crippen LogP contribution in [0.25, 0.3) is 10.9 Å². The van der Waals surface area contributed by atoms with E-state index in [-0.39, 0.29) is 10.9 Å². The summed E-state index contributed by atoms with van der Waals surface area (Å²) >= 11 is 0. The normalized spacial score (nSPS) is 14.5. The fourth-order valence-corrected chi connectivity index (χ4v) is 4.88. The van der Waals surface area contributed by atoms with Gasteiger partial charge in [-0.3, -0.25) is 0 Å². The van der Waals surface area contributed by atoms with Crippen LogP contribution in [0, 0.1) is 0 Å². The van der Waals surface area contributed by atoms with Crippen molar-refractivity contribution in [3.63, 3.8) is 0 Å². The van der Waals surface area contributed by atoms with Gasteiger partial charge in [0, 0.05) is 28.9 Å². The molecular formula is C23H27N3O3S. The summed E-state index contributed by atoms with van der Waals surface area (Å²) in [5, 5.41) is 13.5. The minimum Gasteiger partial charge on any atom is -0.393 e. The van der Waals surface area contributed by atoms with Gasteiger partial charge in [0.15, 0.2) is 0 Å². The van der Waals surface area contributed by atoms with E-state index in [1.54, 1.807) is 49.5 Å². The van der Waals surface area contributed by atoms with Crippen molar-refractivity contribution >= 4 is 26.6 Å². The van der Waals surface area contributed by atoms with E-state index in [0.29, 0.717) is 23.5 Å². The molecule has 0 aliphatic carbocycles. The Bertz CT molecular complexity index is 1180. The number of hydrogen-bond donors (Lipinski definition) is 2. The van der Waals surface area contributed by atoms with Crippen molar-refractivity contribution in [1.29, 1.82) is 0 Å². The van der Waals surface area contributed by atoms with E-state index in [1.165, 1.54) is 3.97 Å². The van der Waals surface area contributed by atoms with Crippen molar-refractivity contribution in [3.05, 3.63) is 78.8 Å². The van der Waals surface area contributed by atoms with Crippen LogP contribution < -0.4 is 5.32 Å². The highest BCUT2D eigenvalue weighted by molar-refractivity contribution is 7.90. The molecule has 1 heterocycles. The Labute approximate surface area is 177 Å². The van der Waals surface area contributed by atoms with E-state index in [1.807, 2.05) is 32.0 Å². The highest BCUT2D eigenvalue weighted by Gasteiger charge is 2.21. The van der Waals surface area contributed by atoms with Gasteiger partial charge >= 0.3 is 0 Å². The van der Waals surface area contributed by atoms with Crippen molar-refractivity contribution < 1.29 is 13.5 Å². The number of aromatic nitrogens is 1. The zero-order valence-electron chi connectivity index (χ0n) is 17.4. The molecule has 7 heteroatoms. The summed E-state index contributed by atoms with van der Waals surface area (Å²) < 4.78 is 27.8. The van der Waals surface area contributed by atoms with Crippen molar-refractivity contribution in [3.8, 4) is 0 Å². The summed E-state index contributed by atoms with van der Waals surface area (Å²) in [6, 6.07) is 15.7. The van der Waals surface area contributed by atoms with Crippen molar-refractivity contribution in [1.82, 2.24) is 9.29 Å². The van der Waals surface area contributed by atoms with Gasteiger partial charge in [0.25, 0.3) is 10.0 Å². The van der Waals surface area contributed by atoms with E-state index in [9.17, 15) is 13.5 Å². The number of hydrogen-bond acceptors (Lipinski definition) is 5. The number of aliphatic imine (C=N–C) groups is 1. The highest BCUT2D eigenvalue weighted by atomic mass is 32.2. The van der Waals surface area contributed by atoms with Crippen LogP contribution in [-0.4, -0.2) is 35.4 Å². The van der Waals surface area contributed by atoms with Crippen LogP contribution in [0.5, 0.6) is 0 Å². The second kappa shape index (κ2) is 8.85. The molecule has 0 saturated carbocycles. The first kappa shape index (κ1) is 21.8. The predicted octanol–water partition coefficient (Wildman–Crippen LogP) is 3.91. The van der Waals surface area contributed by atoms with Gasteiger partial charge in [-0.1, -0.05) is 43.0 Å². The molecule has 0 spiro atoms. The first-order valence-electron chi connectivity index (χ1n) is 9.80. The Morgan fingerprint density at radius 1 is 1.13 bits per heavy atom. The maximum Gasteiger partial charge on any atom is 0.268 e. The third-order valence-electron chi connectivity index (χ3n) is 4.78. The number of aliphatic hydroxyl groups is 1. The van der Waals surface area contributed by atoms with E-state index in [2.05, 4.69) is 16.9 Å². The van der Waals surface area contributed by atoms with Gasteiger partial charge in [-0.15, -0.1) is 0 Å². The Morgan fingerprint density at radius 2 is 1.77 bits per heavy atom. The summed E-state index contributed by atoms with van der Waals surface area (Å²) in [6.07, 6.45) is 1.76. The van der Waals surface area contributed by atoms with Crippen LogP contribution in [0.3, 0.4) is 0 Å². The van der Waals surface area contributed by atoms with Crippen LogP contribution in [0.4, 0.5) is 0 Å². The van der Waals surface area contributed by atoms with Gasteiger partial charge in [0.05, 0.1) is 16.5 Å². The first-order chi connectivity index (χ1) is 14.2. The second-order valence-corrected chi connectivity index (χ2v) is 9.26. The third kappa shape index (κ3) is 4.63. The maximum atomic E-state index is 13.2. The summed E-state index contributed by atoms with van der Waals surface area (Å²) in [4.78, 5) is 4.76. The van der Waals surface area contributed by atoms with Crippen LogP contribution in [0.2, 0.25) is 0 Å². The van der Waals surface area contributed by atoms with Crippen LogP contribution in [-0.2, 0) is 10.0 Å². The molecule has 2 N–H and O–H groups in total. The van der Waals surface area contributed by atoms with Gasteiger partial charge in [-0.2, -0.15) is 0 Å². The summed E-state index contributed by atoms with van der Waals surface area (Å²) in [6.45, 7) is 9.45. The lowest BCUT2D eigenvalue weighted by atomic mass is 10.1. The maximum absolute atomic E-state index is 13.2. The molecule has 6 nitrogen and oxygen atoms in total. The van der Waals surface area contributed by atoms with Gasteiger partial charge < -0.3 is 10.4 Å². The van der Waals surface area contributed by atoms with Crippen molar-refractivity contribution in [2.45, 2.75) is 44.2 Å². The van der Waals surface area contributed by atoms with E-state index >= 15 is 0 Å². The van der Waals surface area contributed by atoms with Gasteiger partial charge in [0.1, 0.15) is 5.82 Å². The minimum atomic E-state index is -3.74. The first-order valence-corrected chi connectivity index (χ1v) is 11.2. The molecule has 2 atom stereocenters. The zero-order valence-corrected chi connectivity index (χ0v) is 18.2. The summed E-state index contributed by atoms with van der Waals surface area (Å²) in [7, 11) is -3.74. The Balaban J connectivity index is 2.01. The molecular weight excluding hydrogens is 398 g/mol. The Morgan fingerprint density at radius 3 is 2.43 bits per heavy atom. The molecule has 0 bridgehead atoms. The number of nitrogens with zero attached hydrogens (tertiary/aromatic N) is 2. The number of fused-ring (bicyclic) bond motifs is 1. The SMILES string of the molecule is C=C(/N=C(\C)c1cn(S(=O)(=O)c2ccccc2)c2ccccc12)N[C@H](C)C[C@@H](C)O. The number of rotatable bonds is 8. The average Bonchev–Trinajstić information content (AvgIpc) is 3.08. The quantitative estimate of drug-likeness (QED) is 0.536. The lowest BCUT2D eigenvalue weighted by Gasteiger charge is -2.16. The van der Waals surface area contributed by atoms with Gasteiger partial charge in [-0.25, -0.2) is 17.4 Å². The molecule has 0 unspecified atom stereocenters. The standard InChI is InChI=1S/C23H27N3O3S/c1-16(14-17(2)27)24-19(4)25-18(3)22-15-26(23-13-9-8-12-21(22)23)30(28,29)20-10-6-5-7-11-20/h5-13,15-17,24,27H,4,14H2,1-3H3/b25-18+/t16-,17-/m1/s1. The Hall–Kier alpha value is -2.90. The second-order valence-electron chi connectivity index (χ2n) is 7.45. The summed E-state index contributed by atoms with van der Waals surface area (Å²) in [5.41, 5.74) is 1.96. The number of aliphatic hydroxyl groups excluding tert-OH is 1. The lowest BCUT2D eigenvalue weighted by Crippen LogP contribution is -2.28. The monoisotopic (exact) mass is 425 g/mol. The predicted molar refractivity (Wildman–Crippen MR) is 121 cm³/mol. The zero-order chi connectivity index (χ0) is 21.9. The van der Waals surface area contributed by atoms with Crippen molar-refractivity contribution in [2.75, 3.05) is 0 Å². The van der Waals surface area contributed by atoms with Crippen molar-refractivity contribution in [2.24, 2.45) is 4.99 Å². The molecule has 3 rings (SSSR count). The fraction of sp³-hybridized carbons (Fsp3) is 0.261. The molecule has 0 aliphatic heterocycles. The van der Waals surface area contributed by atoms with E-state index < -0.39 is 16.1 Å². The molecule has 0 saturated heterocycles. The number of para-hydroxylation sites is 1. The van der Waals surface area contributed by atoms with Crippen LogP contribution in [0.1, 0.15) is 32.8 Å². The molecule has 0 aliphatic rings. The third-order valence-corrected chi connectivity index (χ3v) is 6.47. The smallest absolute Gasteiger partial charge is 0.268 e. The molecule has 2 aromatic carbocycles. The van der Waals surface area contributed by atoms with Crippen LogP contribution >= 0.6 is 0 Å². The molecule has 158 valence electrons. The molecule has 0 amide bonds. The van der Waals surface area contributed by atoms with Crippen LogP contribution in [0.15, 0.2) is 83.1 Å². The van der Waals surface area contributed by atoms with Gasteiger partial charge in [0.2, 0.25) is 0 Å². The van der Waals surface area contributed by atoms with E-state index in [4.69, 9.17) is 0 Å². The van der Waals surface area contributed by atoms with E-state index in [0.717, 1.165) is 10.9 Å². The van der Waals surface area contributed by atoms with Gasteiger partial charge in [-0.05, 0) is 45.4 Å². The molecule has 1 aromatic heterocycles. The fourth-order valence-electron chi connectivity index (χ4n) is 3.49. The highest BCUT2D eigenvalue weighted by Crippen LogP contribution is 2.26. The number of benzene rings is 2. The largest absolute Gasteiger partial charge is 0.393 e. The molecule has 0 fully saturated rings. The Kier molecular flexibility index (Phi) is 6.43. The number of nitrogens with one attached hydrogen (secondary N) is 1. The summed E-state index contributed by atoms with van der Waals surface area (Å²) in [5.74, 6) is 0.461.